The summed E-state index contributed by atoms with van der Waals surface area (Å²) in [5.41, 5.74) is 7.93. The standard InChI is InChI=1S/C17H22N4OS/c1-13(18)17(22)21-9-7-20(8-10-21)11-15-12-23-16(19-15)14-5-3-2-4-6-14/h2-6,12-13H,7-11,18H2,1H3. The molecule has 2 heterocycles. The molecule has 2 aromatic rings. The highest BCUT2D eigenvalue weighted by Gasteiger charge is 2.23. The van der Waals surface area contributed by atoms with Crippen molar-refractivity contribution in [2.75, 3.05) is 26.2 Å². The summed E-state index contributed by atoms with van der Waals surface area (Å²) in [6, 6.07) is 9.84. The number of hydrogen-bond donors (Lipinski definition) is 1. The van der Waals surface area contributed by atoms with Crippen molar-refractivity contribution in [2.45, 2.75) is 19.5 Å². The van der Waals surface area contributed by atoms with Crippen LogP contribution in [0.5, 0.6) is 0 Å². The molecule has 0 spiro atoms. The Hall–Kier alpha value is -1.76. The molecule has 1 aromatic carbocycles. The van der Waals surface area contributed by atoms with Crippen LogP contribution in [-0.4, -0.2) is 52.9 Å². The molecule has 1 fully saturated rings. The number of rotatable bonds is 4. The number of aromatic nitrogens is 1. The molecule has 0 bridgehead atoms. The Morgan fingerprint density at radius 2 is 1.96 bits per heavy atom. The second-order valence-corrected chi connectivity index (χ2v) is 6.76. The third kappa shape index (κ3) is 3.96. The third-order valence-electron chi connectivity index (χ3n) is 4.03. The summed E-state index contributed by atoms with van der Waals surface area (Å²) in [7, 11) is 0. The minimum atomic E-state index is -0.409. The van der Waals surface area contributed by atoms with Crippen molar-refractivity contribution in [3.8, 4) is 10.6 Å². The van der Waals surface area contributed by atoms with Gasteiger partial charge in [-0.15, -0.1) is 11.3 Å². The second kappa shape index (κ2) is 7.21. The number of amides is 1. The van der Waals surface area contributed by atoms with Gasteiger partial charge in [0.25, 0.3) is 0 Å². The molecule has 0 aliphatic carbocycles. The van der Waals surface area contributed by atoms with Gasteiger partial charge in [0.2, 0.25) is 5.91 Å². The van der Waals surface area contributed by atoms with Crippen molar-refractivity contribution < 1.29 is 4.79 Å². The van der Waals surface area contributed by atoms with Crippen LogP contribution in [0.4, 0.5) is 0 Å². The maximum Gasteiger partial charge on any atom is 0.239 e. The number of nitrogens with two attached hydrogens (primary N) is 1. The van der Waals surface area contributed by atoms with Gasteiger partial charge in [-0.3, -0.25) is 9.69 Å². The lowest BCUT2D eigenvalue weighted by Crippen LogP contribution is -2.52. The van der Waals surface area contributed by atoms with Crippen molar-refractivity contribution >= 4 is 17.2 Å². The van der Waals surface area contributed by atoms with Crippen LogP contribution >= 0.6 is 11.3 Å². The van der Waals surface area contributed by atoms with Crippen molar-refractivity contribution in [3.63, 3.8) is 0 Å². The number of carbonyl (C=O) groups is 1. The molecule has 3 rings (SSSR count). The lowest BCUT2D eigenvalue weighted by molar-refractivity contribution is -0.134. The molecule has 1 aromatic heterocycles. The highest BCUT2D eigenvalue weighted by atomic mass is 32.1. The highest BCUT2D eigenvalue weighted by Crippen LogP contribution is 2.24. The fraction of sp³-hybridized carbons (Fsp3) is 0.412. The average Bonchev–Trinajstić information content (AvgIpc) is 3.04. The molecule has 2 N–H and O–H groups in total. The van der Waals surface area contributed by atoms with E-state index in [0.29, 0.717) is 0 Å². The summed E-state index contributed by atoms with van der Waals surface area (Å²) in [5, 5.41) is 3.19. The quantitative estimate of drug-likeness (QED) is 0.928. The van der Waals surface area contributed by atoms with Gasteiger partial charge in [0.1, 0.15) is 5.01 Å². The first-order valence-corrected chi connectivity index (χ1v) is 8.78. The number of piperazine rings is 1. The topological polar surface area (TPSA) is 62.5 Å². The number of hydrogen-bond acceptors (Lipinski definition) is 5. The van der Waals surface area contributed by atoms with Crippen molar-refractivity contribution in [1.29, 1.82) is 0 Å². The molecule has 1 saturated heterocycles. The normalized spacial score (nSPS) is 17.2. The third-order valence-corrected chi connectivity index (χ3v) is 4.97. The van der Waals surface area contributed by atoms with Crippen LogP contribution < -0.4 is 5.73 Å². The van der Waals surface area contributed by atoms with Crippen molar-refractivity contribution in [2.24, 2.45) is 5.73 Å². The Kier molecular flexibility index (Phi) is 5.05. The molecule has 1 amide bonds. The number of thiazole rings is 1. The highest BCUT2D eigenvalue weighted by molar-refractivity contribution is 7.13. The van der Waals surface area contributed by atoms with Crippen molar-refractivity contribution in [1.82, 2.24) is 14.8 Å². The molecule has 122 valence electrons. The number of carbonyl (C=O) groups excluding carboxylic acids is 1. The predicted molar refractivity (Wildman–Crippen MR) is 93.1 cm³/mol. The van der Waals surface area contributed by atoms with Gasteiger partial charge in [-0.1, -0.05) is 30.3 Å². The Labute approximate surface area is 140 Å². The summed E-state index contributed by atoms with van der Waals surface area (Å²) >= 11 is 1.68. The molecule has 0 saturated carbocycles. The zero-order valence-electron chi connectivity index (χ0n) is 13.3. The van der Waals surface area contributed by atoms with Gasteiger partial charge < -0.3 is 10.6 Å². The molecule has 1 aliphatic rings. The smallest absolute Gasteiger partial charge is 0.239 e. The molecule has 1 aliphatic heterocycles. The fourth-order valence-electron chi connectivity index (χ4n) is 2.74. The molecular weight excluding hydrogens is 308 g/mol. The van der Waals surface area contributed by atoms with E-state index in [4.69, 9.17) is 10.7 Å². The Balaban J connectivity index is 1.55. The van der Waals surface area contributed by atoms with E-state index in [-0.39, 0.29) is 5.91 Å². The van der Waals surface area contributed by atoms with Gasteiger partial charge in [-0.2, -0.15) is 0 Å². The van der Waals surface area contributed by atoms with E-state index in [1.165, 1.54) is 0 Å². The lowest BCUT2D eigenvalue weighted by Gasteiger charge is -2.35. The molecule has 1 atom stereocenters. The van der Waals surface area contributed by atoms with Crippen molar-refractivity contribution in [3.05, 3.63) is 41.4 Å². The first-order chi connectivity index (χ1) is 11.1. The van der Waals surface area contributed by atoms with E-state index in [1.807, 2.05) is 23.1 Å². The second-order valence-electron chi connectivity index (χ2n) is 5.90. The van der Waals surface area contributed by atoms with E-state index in [2.05, 4.69) is 22.4 Å². The van der Waals surface area contributed by atoms with Gasteiger partial charge in [0.05, 0.1) is 11.7 Å². The summed E-state index contributed by atoms with van der Waals surface area (Å²) in [5.74, 6) is 0.0460. The summed E-state index contributed by atoms with van der Waals surface area (Å²) in [6.07, 6.45) is 0. The van der Waals surface area contributed by atoms with Crippen LogP contribution in [0.1, 0.15) is 12.6 Å². The zero-order chi connectivity index (χ0) is 16.2. The van der Waals surface area contributed by atoms with Gasteiger partial charge in [0, 0.05) is 43.7 Å². The average molecular weight is 330 g/mol. The van der Waals surface area contributed by atoms with E-state index in [0.717, 1.165) is 49.0 Å². The van der Waals surface area contributed by atoms with E-state index < -0.39 is 6.04 Å². The van der Waals surface area contributed by atoms with Crippen LogP contribution in [0.3, 0.4) is 0 Å². The van der Waals surface area contributed by atoms with Crippen LogP contribution in [0.2, 0.25) is 0 Å². The van der Waals surface area contributed by atoms with E-state index >= 15 is 0 Å². The first-order valence-electron chi connectivity index (χ1n) is 7.90. The van der Waals surface area contributed by atoms with Crippen LogP contribution in [0.25, 0.3) is 10.6 Å². The summed E-state index contributed by atoms with van der Waals surface area (Å²) in [4.78, 5) is 20.8. The Bertz CT molecular complexity index is 648. The van der Waals surface area contributed by atoms with Gasteiger partial charge in [-0.25, -0.2) is 4.98 Å². The minimum absolute atomic E-state index is 0.0460. The maximum absolute atomic E-state index is 11.9. The van der Waals surface area contributed by atoms with Gasteiger partial charge in [0.15, 0.2) is 0 Å². The predicted octanol–water partition coefficient (Wildman–Crippen LogP) is 1.80. The molecule has 1 unspecified atom stereocenters. The zero-order valence-corrected chi connectivity index (χ0v) is 14.1. The lowest BCUT2D eigenvalue weighted by atomic mass is 10.2. The van der Waals surface area contributed by atoms with Crippen LogP contribution in [0.15, 0.2) is 35.7 Å². The van der Waals surface area contributed by atoms with Gasteiger partial charge in [-0.05, 0) is 6.92 Å². The largest absolute Gasteiger partial charge is 0.339 e. The monoisotopic (exact) mass is 330 g/mol. The molecular formula is C17H22N4OS. The fourth-order valence-corrected chi connectivity index (χ4v) is 3.55. The molecule has 6 heteroatoms. The molecule has 23 heavy (non-hydrogen) atoms. The number of benzene rings is 1. The Morgan fingerprint density at radius 3 is 2.61 bits per heavy atom. The SMILES string of the molecule is CC(N)C(=O)N1CCN(Cc2csc(-c3ccccc3)n2)CC1. The first kappa shape index (κ1) is 16.1. The Morgan fingerprint density at radius 1 is 1.26 bits per heavy atom. The summed E-state index contributed by atoms with van der Waals surface area (Å²) in [6.45, 7) is 5.82. The summed E-state index contributed by atoms with van der Waals surface area (Å²) < 4.78 is 0. The molecule has 5 nitrogen and oxygen atoms in total. The molecule has 0 radical (unpaired) electrons. The van der Waals surface area contributed by atoms with Gasteiger partial charge >= 0.3 is 0 Å². The minimum Gasteiger partial charge on any atom is -0.339 e. The van der Waals surface area contributed by atoms with E-state index in [9.17, 15) is 4.79 Å². The number of nitrogens with zero attached hydrogens (tertiary/aromatic N) is 3. The van der Waals surface area contributed by atoms with E-state index in [1.54, 1.807) is 18.3 Å². The maximum atomic E-state index is 11.9. The van der Waals surface area contributed by atoms with Crippen LogP contribution in [-0.2, 0) is 11.3 Å². The van der Waals surface area contributed by atoms with Crippen LogP contribution in [0, 0.1) is 0 Å².